The lowest BCUT2D eigenvalue weighted by atomic mass is 9.79. The standard InChI is InChI=1S/C9H16F2N2.C2H6/c1-12-5-9(6-12)2-3-13(7-9)4-8(10)11;1-2/h8H,2-7H2,1H3;1-2H3. The lowest BCUT2D eigenvalue weighted by molar-refractivity contribution is 0.0228. The van der Waals surface area contributed by atoms with Crippen LogP contribution in [0, 0.1) is 5.41 Å². The van der Waals surface area contributed by atoms with E-state index in [-0.39, 0.29) is 6.54 Å². The van der Waals surface area contributed by atoms with Crippen molar-refractivity contribution in [3.05, 3.63) is 0 Å². The fourth-order valence-electron chi connectivity index (χ4n) is 2.74. The Kier molecular flexibility index (Phi) is 4.46. The Labute approximate surface area is 91.2 Å². The van der Waals surface area contributed by atoms with E-state index in [9.17, 15) is 8.78 Å². The third-order valence-electron chi connectivity index (χ3n) is 3.12. The minimum absolute atomic E-state index is 0.0362. The molecular weight excluding hydrogens is 198 g/mol. The summed E-state index contributed by atoms with van der Waals surface area (Å²) in [5.74, 6) is 0. The summed E-state index contributed by atoms with van der Waals surface area (Å²) >= 11 is 0. The van der Waals surface area contributed by atoms with Gasteiger partial charge < -0.3 is 4.90 Å². The van der Waals surface area contributed by atoms with Gasteiger partial charge in [-0.25, -0.2) is 8.78 Å². The van der Waals surface area contributed by atoms with Crippen LogP contribution in [-0.2, 0) is 0 Å². The molecule has 0 amide bonds. The second-order valence-corrected chi connectivity index (χ2v) is 4.55. The molecule has 2 rings (SSSR count). The van der Waals surface area contributed by atoms with Crippen molar-refractivity contribution in [2.24, 2.45) is 5.41 Å². The zero-order valence-corrected chi connectivity index (χ0v) is 9.97. The van der Waals surface area contributed by atoms with Crippen molar-refractivity contribution in [2.75, 3.05) is 39.8 Å². The molecule has 15 heavy (non-hydrogen) atoms. The summed E-state index contributed by atoms with van der Waals surface area (Å²) < 4.78 is 24.2. The van der Waals surface area contributed by atoms with Crippen LogP contribution in [0.5, 0.6) is 0 Å². The zero-order chi connectivity index (χ0) is 11.5. The topological polar surface area (TPSA) is 6.48 Å². The maximum Gasteiger partial charge on any atom is 0.251 e. The van der Waals surface area contributed by atoms with Crippen molar-refractivity contribution in [2.45, 2.75) is 26.7 Å². The van der Waals surface area contributed by atoms with E-state index in [4.69, 9.17) is 0 Å². The van der Waals surface area contributed by atoms with Crippen LogP contribution in [0.25, 0.3) is 0 Å². The van der Waals surface area contributed by atoms with E-state index in [0.29, 0.717) is 5.41 Å². The molecule has 0 bridgehead atoms. The van der Waals surface area contributed by atoms with Gasteiger partial charge in [-0.1, -0.05) is 13.8 Å². The molecule has 90 valence electrons. The van der Waals surface area contributed by atoms with Crippen LogP contribution in [0.4, 0.5) is 8.78 Å². The van der Waals surface area contributed by atoms with Crippen LogP contribution in [0.2, 0.25) is 0 Å². The van der Waals surface area contributed by atoms with Crippen molar-refractivity contribution in [1.82, 2.24) is 9.80 Å². The van der Waals surface area contributed by atoms with Gasteiger partial charge in [0, 0.05) is 25.0 Å². The van der Waals surface area contributed by atoms with Crippen molar-refractivity contribution in [3.8, 4) is 0 Å². The molecule has 0 unspecified atom stereocenters. The first-order valence-corrected chi connectivity index (χ1v) is 5.79. The normalized spacial score (nSPS) is 25.2. The van der Waals surface area contributed by atoms with Gasteiger partial charge >= 0.3 is 0 Å². The van der Waals surface area contributed by atoms with Gasteiger partial charge in [0.15, 0.2) is 0 Å². The molecule has 0 aromatic heterocycles. The van der Waals surface area contributed by atoms with Crippen LogP contribution in [-0.4, -0.2) is 56.0 Å². The SMILES string of the molecule is CC.CN1CC2(CCN(CC(F)F)C2)C1. The van der Waals surface area contributed by atoms with Crippen LogP contribution in [0.3, 0.4) is 0 Å². The smallest absolute Gasteiger partial charge is 0.251 e. The number of rotatable bonds is 2. The van der Waals surface area contributed by atoms with Gasteiger partial charge in [-0.2, -0.15) is 0 Å². The molecule has 0 aromatic carbocycles. The number of alkyl halides is 2. The van der Waals surface area contributed by atoms with Crippen molar-refractivity contribution < 1.29 is 8.78 Å². The van der Waals surface area contributed by atoms with Crippen molar-refractivity contribution in [1.29, 1.82) is 0 Å². The molecule has 1 spiro atoms. The zero-order valence-electron chi connectivity index (χ0n) is 9.97. The number of hydrogen-bond donors (Lipinski definition) is 0. The fourth-order valence-corrected chi connectivity index (χ4v) is 2.74. The molecule has 2 heterocycles. The van der Waals surface area contributed by atoms with Crippen LogP contribution >= 0.6 is 0 Å². The molecule has 0 radical (unpaired) electrons. The molecule has 2 aliphatic heterocycles. The summed E-state index contributed by atoms with van der Waals surface area (Å²) in [5.41, 5.74) is 0.365. The minimum atomic E-state index is -2.17. The first kappa shape index (κ1) is 12.8. The van der Waals surface area contributed by atoms with Crippen molar-refractivity contribution in [3.63, 3.8) is 0 Å². The average molecular weight is 220 g/mol. The average Bonchev–Trinajstić information content (AvgIpc) is 2.51. The fraction of sp³-hybridized carbons (Fsp3) is 1.00. The first-order valence-electron chi connectivity index (χ1n) is 5.79. The third kappa shape index (κ3) is 3.11. The van der Waals surface area contributed by atoms with E-state index in [2.05, 4.69) is 11.9 Å². The van der Waals surface area contributed by atoms with Gasteiger partial charge in [0.05, 0.1) is 6.54 Å². The number of hydrogen-bond acceptors (Lipinski definition) is 2. The molecule has 0 saturated carbocycles. The van der Waals surface area contributed by atoms with Crippen LogP contribution < -0.4 is 0 Å². The van der Waals surface area contributed by atoms with Crippen LogP contribution in [0.1, 0.15) is 20.3 Å². The van der Waals surface area contributed by atoms with Gasteiger partial charge in [0.1, 0.15) is 0 Å². The third-order valence-corrected chi connectivity index (χ3v) is 3.12. The Morgan fingerprint density at radius 2 is 1.80 bits per heavy atom. The molecule has 0 aromatic rings. The van der Waals surface area contributed by atoms with Gasteiger partial charge in [-0.3, -0.25) is 4.90 Å². The monoisotopic (exact) mass is 220 g/mol. The van der Waals surface area contributed by atoms with E-state index in [1.165, 1.54) is 0 Å². The maximum atomic E-state index is 12.1. The molecule has 2 saturated heterocycles. The largest absolute Gasteiger partial charge is 0.305 e. The van der Waals surface area contributed by atoms with Gasteiger partial charge in [0.25, 0.3) is 6.43 Å². The van der Waals surface area contributed by atoms with E-state index in [1.807, 2.05) is 18.7 Å². The highest BCUT2D eigenvalue weighted by Gasteiger charge is 2.46. The van der Waals surface area contributed by atoms with E-state index in [0.717, 1.165) is 32.6 Å². The number of halogens is 2. The Bertz CT molecular complexity index is 191. The molecule has 2 fully saturated rings. The summed E-state index contributed by atoms with van der Waals surface area (Å²) in [6.45, 7) is 7.88. The predicted octanol–water partition coefficient (Wildman–Crippen LogP) is 1.92. The van der Waals surface area contributed by atoms with Gasteiger partial charge in [-0.05, 0) is 20.0 Å². The van der Waals surface area contributed by atoms with Crippen molar-refractivity contribution >= 4 is 0 Å². The van der Waals surface area contributed by atoms with E-state index < -0.39 is 6.43 Å². The Hall–Kier alpha value is -0.220. The number of likely N-dealkylation sites (tertiary alicyclic amines) is 2. The quantitative estimate of drug-likeness (QED) is 0.701. The van der Waals surface area contributed by atoms with E-state index >= 15 is 0 Å². The molecule has 0 N–H and O–H groups in total. The second-order valence-electron chi connectivity index (χ2n) is 4.55. The maximum absolute atomic E-state index is 12.1. The summed E-state index contributed by atoms with van der Waals surface area (Å²) in [5, 5.41) is 0. The Morgan fingerprint density at radius 1 is 1.20 bits per heavy atom. The second kappa shape index (κ2) is 5.21. The van der Waals surface area contributed by atoms with Crippen LogP contribution in [0.15, 0.2) is 0 Å². The molecule has 0 atom stereocenters. The first-order chi connectivity index (χ1) is 7.10. The van der Waals surface area contributed by atoms with Gasteiger partial charge in [-0.15, -0.1) is 0 Å². The summed E-state index contributed by atoms with van der Waals surface area (Å²) in [4.78, 5) is 4.16. The Balaban J connectivity index is 0.000000531. The summed E-state index contributed by atoms with van der Waals surface area (Å²) in [6.07, 6.45) is -1.07. The predicted molar refractivity (Wildman–Crippen MR) is 58.3 cm³/mol. The molecule has 0 aliphatic carbocycles. The molecule has 4 heteroatoms. The Morgan fingerprint density at radius 3 is 2.27 bits per heavy atom. The highest BCUT2D eigenvalue weighted by atomic mass is 19.3. The minimum Gasteiger partial charge on any atom is -0.305 e. The highest BCUT2D eigenvalue weighted by molar-refractivity contribution is 5.00. The highest BCUT2D eigenvalue weighted by Crippen LogP contribution is 2.38. The van der Waals surface area contributed by atoms with Gasteiger partial charge in [0.2, 0.25) is 0 Å². The van der Waals surface area contributed by atoms with E-state index in [1.54, 1.807) is 0 Å². The summed E-state index contributed by atoms with van der Waals surface area (Å²) in [6, 6.07) is 0. The summed E-state index contributed by atoms with van der Waals surface area (Å²) in [7, 11) is 2.08. The molecule has 2 nitrogen and oxygen atoms in total. The molecular formula is C11H22F2N2. The molecule has 2 aliphatic rings. The lowest BCUT2D eigenvalue weighted by Gasteiger charge is -2.46. The number of nitrogens with zero attached hydrogens (tertiary/aromatic N) is 2. The lowest BCUT2D eigenvalue weighted by Crippen LogP contribution is -2.55.